The molecule has 2 nitrogen and oxygen atoms in total. The molecule has 0 spiro atoms. The molecule has 1 aromatic rings. The summed E-state index contributed by atoms with van der Waals surface area (Å²) in [5.41, 5.74) is 1.35. The minimum absolute atomic E-state index is 0.742. The third-order valence-corrected chi connectivity index (χ3v) is 6.13. The summed E-state index contributed by atoms with van der Waals surface area (Å²) in [6, 6.07) is 0.787. The standard InChI is InChI=1S/C15H26N2S2/c1-4-6-13-14(9-16-12-7-8-12)19-15(17-13)10-18-11(3)5-2/h11-12,16H,4-10H2,1-3H3. The van der Waals surface area contributed by atoms with Crippen molar-refractivity contribution in [2.45, 2.75) is 76.5 Å². The SMILES string of the molecule is CCCc1nc(CSC(C)CC)sc1CNC1CC1. The molecule has 1 aliphatic rings. The molecule has 1 saturated carbocycles. The minimum Gasteiger partial charge on any atom is -0.309 e. The Kier molecular flexibility index (Phi) is 6.17. The summed E-state index contributed by atoms with van der Waals surface area (Å²) in [7, 11) is 0. The van der Waals surface area contributed by atoms with Gasteiger partial charge in [-0.15, -0.1) is 11.3 Å². The maximum Gasteiger partial charge on any atom is 0.103 e. The lowest BCUT2D eigenvalue weighted by molar-refractivity contribution is 0.686. The van der Waals surface area contributed by atoms with Gasteiger partial charge in [0.1, 0.15) is 5.01 Å². The molecule has 1 heterocycles. The molecule has 4 heteroatoms. The van der Waals surface area contributed by atoms with Gasteiger partial charge in [-0.25, -0.2) is 4.98 Å². The van der Waals surface area contributed by atoms with Crippen LogP contribution in [0.2, 0.25) is 0 Å². The van der Waals surface area contributed by atoms with E-state index in [-0.39, 0.29) is 0 Å². The van der Waals surface area contributed by atoms with Crippen LogP contribution < -0.4 is 5.32 Å². The van der Waals surface area contributed by atoms with Gasteiger partial charge in [-0.2, -0.15) is 11.8 Å². The Balaban J connectivity index is 1.92. The Morgan fingerprint density at radius 2 is 2.21 bits per heavy atom. The average molecular weight is 299 g/mol. The number of thioether (sulfide) groups is 1. The molecular weight excluding hydrogens is 272 g/mol. The number of hydrogen-bond donors (Lipinski definition) is 1. The molecule has 19 heavy (non-hydrogen) atoms. The predicted octanol–water partition coefficient (Wildman–Crippen LogP) is 4.38. The fourth-order valence-electron chi connectivity index (χ4n) is 1.92. The van der Waals surface area contributed by atoms with E-state index in [1.165, 1.54) is 41.3 Å². The van der Waals surface area contributed by atoms with Crippen molar-refractivity contribution < 1.29 is 0 Å². The molecule has 1 fully saturated rings. The third kappa shape index (κ3) is 5.09. The lowest BCUT2D eigenvalue weighted by Crippen LogP contribution is -2.15. The van der Waals surface area contributed by atoms with Crippen LogP contribution in [-0.4, -0.2) is 16.3 Å². The summed E-state index contributed by atoms with van der Waals surface area (Å²) in [6.07, 6.45) is 6.29. The molecule has 1 atom stereocenters. The van der Waals surface area contributed by atoms with Gasteiger partial charge in [0.05, 0.1) is 5.69 Å². The van der Waals surface area contributed by atoms with Crippen molar-refractivity contribution in [3.05, 3.63) is 15.6 Å². The highest BCUT2D eigenvalue weighted by Gasteiger charge is 2.21. The molecule has 108 valence electrons. The molecule has 2 rings (SSSR count). The van der Waals surface area contributed by atoms with Crippen LogP contribution in [0.4, 0.5) is 0 Å². The highest BCUT2D eigenvalue weighted by atomic mass is 32.2. The van der Waals surface area contributed by atoms with Crippen molar-refractivity contribution in [2.75, 3.05) is 0 Å². The first-order valence-electron chi connectivity index (χ1n) is 7.55. The molecule has 1 N–H and O–H groups in total. The summed E-state index contributed by atoms with van der Waals surface area (Å²) in [5.74, 6) is 1.08. The van der Waals surface area contributed by atoms with Gasteiger partial charge in [0, 0.05) is 28.5 Å². The van der Waals surface area contributed by atoms with E-state index in [1.54, 1.807) is 0 Å². The van der Waals surface area contributed by atoms with Crippen molar-refractivity contribution >= 4 is 23.1 Å². The second-order valence-corrected chi connectivity index (χ2v) is 8.01. The second kappa shape index (κ2) is 7.65. The summed E-state index contributed by atoms with van der Waals surface area (Å²) < 4.78 is 0. The number of nitrogens with one attached hydrogen (secondary N) is 1. The fourth-order valence-corrected chi connectivity index (χ4v) is 3.95. The van der Waals surface area contributed by atoms with Crippen molar-refractivity contribution in [3.8, 4) is 0 Å². The van der Waals surface area contributed by atoms with E-state index in [0.29, 0.717) is 0 Å². The lowest BCUT2D eigenvalue weighted by atomic mass is 10.2. The second-order valence-electron chi connectivity index (χ2n) is 5.41. The van der Waals surface area contributed by atoms with Crippen LogP contribution in [-0.2, 0) is 18.7 Å². The van der Waals surface area contributed by atoms with Gasteiger partial charge in [0.2, 0.25) is 0 Å². The Bertz CT molecular complexity index is 385. The Labute approximate surface area is 125 Å². The van der Waals surface area contributed by atoms with E-state index in [9.17, 15) is 0 Å². The predicted molar refractivity (Wildman–Crippen MR) is 87.0 cm³/mol. The molecule has 0 radical (unpaired) electrons. The fraction of sp³-hybridized carbons (Fsp3) is 0.800. The highest BCUT2D eigenvalue weighted by Crippen LogP contribution is 2.27. The minimum atomic E-state index is 0.742. The molecular formula is C15H26N2S2. The van der Waals surface area contributed by atoms with Crippen LogP contribution in [0.5, 0.6) is 0 Å². The van der Waals surface area contributed by atoms with E-state index in [4.69, 9.17) is 4.98 Å². The number of hydrogen-bond acceptors (Lipinski definition) is 4. The van der Waals surface area contributed by atoms with Crippen LogP contribution in [0.3, 0.4) is 0 Å². The maximum absolute atomic E-state index is 4.86. The zero-order valence-corrected chi connectivity index (χ0v) is 14.0. The summed E-state index contributed by atoms with van der Waals surface area (Å²) in [4.78, 5) is 6.34. The molecule has 0 aromatic carbocycles. The van der Waals surface area contributed by atoms with Crippen molar-refractivity contribution in [1.29, 1.82) is 0 Å². The topological polar surface area (TPSA) is 24.9 Å². The lowest BCUT2D eigenvalue weighted by Gasteiger charge is -2.05. The quantitative estimate of drug-likeness (QED) is 0.732. The summed E-state index contributed by atoms with van der Waals surface area (Å²) >= 11 is 3.96. The van der Waals surface area contributed by atoms with E-state index in [0.717, 1.165) is 30.0 Å². The van der Waals surface area contributed by atoms with E-state index in [1.807, 2.05) is 23.1 Å². The van der Waals surface area contributed by atoms with Gasteiger partial charge in [-0.05, 0) is 25.7 Å². The number of nitrogens with zero attached hydrogens (tertiary/aromatic N) is 1. The first-order chi connectivity index (χ1) is 9.22. The van der Waals surface area contributed by atoms with E-state index in [2.05, 4.69) is 26.1 Å². The zero-order chi connectivity index (χ0) is 13.7. The van der Waals surface area contributed by atoms with Gasteiger partial charge in [0.15, 0.2) is 0 Å². The Morgan fingerprint density at radius 1 is 1.42 bits per heavy atom. The molecule has 1 aliphatic carbocycles. The number of thiazole rings is 1. The number of aryl methyl sites for hydroxylation is 1. The van der Waals surface area contributed by atoms with Gasteiger partial charge < -0.3 is 5.32 Å². The highest BCUT2D eigenvalue weighted by molar-refractivity contribution is 7.99. The normalized spacial score (nSPS) is 16.8. The molecule has 1 aromatic heterocycles. The first kappa shape index (κ1) is 15.3. The van der Waals surface area contributed by atoms with Gasteiger partial charge in [-0.1, -0.05) is 27.2 Å². The molecule has 1 unspecified atom stereocenters. The molecule has 0 aliphatic heterocycles. The van der Waals surface area contributed by atoms with Crippen LogP contribution in [0.15, 0.2) is 0 Å². The van der Waals surface area contributed by atoms with Crippen molar-refractivity contribution in [2.24, 2.45) is 0 Å². The smallest absolute Gasteiger partial charge is 0.103 e. The largest absolute Gasteiger partial charge is 0.309 e. The van der Waals surface area contributed by atoms with Crippen molar-refractivity contribution in [3.63, 3.8) is 0 Å². The molecule has 0 saturated heterocycles. The van der Waals surface area contributed by atoms with Crippen LogP contribution in [0, 0.1) is 0 Å². The zero-order valence-electron chi connectivity index (χ0n) is 12.4. The van der Waals surface area contributed by atoms with Crippen LogP contribution >= 0.6 is 23.1 Å². The Morgan fingerprint density at radius 3 is 2.84 bits per heavy atom. The van der Waals surface area contributed by atoms with Gasteiger partial charge in [0.25, 0.3) is 0 Å². The first-order valence-corrected chi connectivity index (χ1v) is 9.41. The number of rotatable bonds is 9. The summed E-state index contributed by atoms with van der Waals surface area (Å²) in [5, 5.41) is 5.69. The van der Waals surface area contributed by atoms with Crippen LogP contribution in [0.1, 0.15) is 62.0 Å². The maximum atomic E-state index is 4.86. The number of aromatic nitrogens is 1. The monoisotopic (exact) mass is 298 g/mol. The van der Waals surface area contributed by atoms with Crippen LogP contribution in [0.25, 0.3) is 0 Å². The summed E-state index contributed by atoms with van der Waals surface area (Å²) in [6.45, 7) is 7.84. The van der Waals surface area contributed by atoms with E-state index >= 15 is 0 Å². The average Bonchev–Trinajstić information content (AvgIpc) is 3.16. The Hall–Kier alpha value is -0.0600. The third-order valence-electron chi connectivity index (χ3n) is 3.50. The van der Waals surface area contributed by atoms with E-state index < -0.39 is 0 Å². The molecule has 0 bridgehead atoms. The van der Waals surface area contributed by atoms with Gasteiger partial charge >= 0.3 is 0 Å². The van der Waals surface area contributed by atoms with Crippen molar-refractivity contribution in [1.82, 2.24) is 10.3 Å². The molecule has 0 amide bonds. The van der Waals surface area contributed by atoms with Gasteiger partial charge in [-0.3, -0.25) is 0 Å².